The molecule has 1 aliphatic heterocycles. The van der Waals surface area contributed by atoms with Gasteiger partial charge in [0.15, 0.2) is 5.82 Å². The number of benzene rings is 1. The topological polar surface area (TPSA) is 38.2 Å². The molecular formula is C19H25N3O. The Balaban J connectivity index is 1.67. The van der Waals surface area contributed by atoms with E-state index in [0.717, 1.165) is 25.5 Å². The van der Waals surface area contributed by atoms with E-state index in [-0.39, 0.29) is 5.41 Å². The molecule has 0 N–H and O–H groups in total. The number of ether oxygens (including phenoxy) is 1. The lowest BCUT2D eigenvalue weighted by Crippen LogP contribution is -2.43. The third-order valence-electron chi connectivity index (χ3n) is 4.68. The normalized spacial score (nSPS) is 22.2. The number of hydrogen-bond donors (Lipinski definition) is 0. The second kappa shape index (κ2) is 7.20. The molecule has 0 bridgehead atoms. The Morgan fingerprint density at radius 2 is 1.91 bits per heavy atom. The minimum atomic E-state index is 0.232. The Labute approximate surface area is 138 Å². The van der Waals surface area contributed by atoms with Crippen molar-refractivity contribution in [1.82, 2.24) is 14.9 Å². The van der Waals surface area contributed by atoms with E-state index in [4.69, 9.17) is 4.74 Å². The van der Waals surface area contributed by atoms with Gasteiger partial charge in [-0.05, 0) is 24.9 Å². The number of rotatable bonds is 5. The van der Waals surface area contributed by atoms with Crippen LogP contribution in [0.25, 0.3) is 0 Å². The molecular weight excluding hydrogens is 286 g/mol. The van der Waals surface area contributed by atoms with Gasteiger partial charge in [0.1, 0.15) is 6.61 Å². The van der Waals surface area contributed by atoms with Crippen LogP contribution in [0.1, 0.15) is 36.7 Å². The average molecular weight is 311 g/mol. The van der Waals surface area contributed by atoms with Crippen molar-refractivity contribution >= 4 is 0 Å². The largest absolute Gasteiger partial charge is 0.377 e. The number of likely N-dealkylation sites (tertiary alicyclic amines) is 1. The van der Waals surface area contributed by atoms with Gasteiger partial charge in [0.05, 0.1) is 0 Å². The van der Waals surface area contributed by atoms with E-state index in [1.165, 1.54) is 24.0 Å². The zero-order valence-corrected chi connectivity index (χ0v) is 14.0. The lowest BCUT2D eigenvalue weighted by Gasteiger charge is -2.41. The fourth-order valence-corrected chi connectivity index (χ4v) is 3.48. The molecule has 1 atom stereocenters. The summed E-state index contributed by atoms with van der Waals surface area (Å²) in [5.41, 5.74) is 2.84. The number of methoxy groups -OCH3 is 1. The molecule has 0 spiro atoms. The number of hydrogen-bond acceptors (Lipinski definition) is 4. The van der Waals surface area contributed by atoms with E-state index < -0.39 is 0 Å². The van der Waals surface area contributed by atoms with Gasteiger partial charge in [-0.25, -0.2) is 9.97 Å². The number of piperidine rings is 1. The van der Waals surface area contributed by atoms with Gasteiger partial charge in [-0.1, -0.05) is 37.3 Å². The summed E-state index contributed by atoms with van der Waals surface area (Å²) >= 11 is 0. The third-order valence-corrected chi connectivity index (χ3v) is 4.68. The van der Waals surface area contributed by atoms with Gasteiger partial charge in [-0.15, -0.1) is 0 Å². The monoisotopic (exact) mass is 311 g/mol. The van der Waals surface area contributed by atoms with Crippen LogP contribution in [0.15, 0.2) is 42.7 Å². The van der Waals surface area contributed by atoms with E-state index in [9.17, 15) is 0 Å². The van der Waals surface area contributed by atoms with Gasteiger partial charge < -0.3 is 4.74 Å². The van der Waals surface area contributed by atoms with E-state index in [1.807, 2.05) is 12.4 Å². The van der Waals surface area contributed by atoms with E-state index in [1.54, 1.807) is 7.11 Å². The molecule has 1 saturated heterocycles. The lowest BCUT2D eigenvalue weighted by molar-refractivity contribution is 0.149. The van der Waals surface area contributed by atoms with Crippen molar-refractivity contribution in [3.05, 3.63) is 59.7 Å². The fourth-order valence-electron chi connectivity index (χ4n) is 3.48. The molecule has 2 heterocycles. The summed E-state index contributed by atoms with van der Waals surface area (Å²) in [5.74, 6) is 0.740. The SMILES string of the molecule is COCc1ncc(CN2CCCC(C)(c3ccccc3)C2)cn1. The summed E-state index contributed by atoms with van der Waals surface area (Å²) < 4.78 is 5.06. The predicted molar refractivity (Wildman–Crippen MR) is 91.1 cm³/mol. The molecule has 1 aromatic heterocycles. The maximum absolute atomic E-state index is 5.06. The first-order valence-corrected chi connectivity index (χ1v) is 8.26. The van der Waals surface area contributed by atoms with E-state index in [2.05, 4.69) is 52.1 Å². The highest BCUT2D eigenvalue weighted by Gasteiger charge is 2.32. The van der Waals surface area contributed by atoms with Crippen LogP contribution in [0, 0.1) is 0 Å². The maximum Gasteiger partial charge on any atom is 0.153 e. The zero-order chi connectivity index (χ0) is 16.1. The van der Waals surface area contributed by atoms with Crippen molar-refractivity contribution in [3.63, 3.8) is 0 Å². The Bertz CT molecular complexity index is 614. The molecule has 2 aromatic rings. The van der Waals surface area contributed by atoms with Crippen molar-refractivity contribution in [2.24, 2.45) is 0 Å². The van der Waals surface area contributed by atoms with Crippen LogP contribution < -0.4 is 0 Å². The molecule has 0 amide bonds. The summed E-state index contributed by atoms with van der Waals surface area (Å²) in [6, 6.07) is 10.9. The van der Waals surface area contributed by atoms with Crippen LogP contribution in [0.3, 0.4) is 0 Å². The van der Waals surface area contributed by atoms with Crippen molar-refractivity contribution in [3.8, 4) is 0 Å². The lowest BCUT2D eigenvalue weighted by atomic mass is 9.76. The molecule has 4 nitrogen and oxygen atoms in total. The van der Waals surface area contributed by atoms with E-state index >= 15 is 0 Å². The van der Waals surface area contributed by atoms with Gasteiger partial charge in [0.2, 0.25) is 0 Å². The molecule has 3 rings (SSSR count). The minimum Gasteiger partial charge on any atom is -0.377 e. The Morgan fingerprint density at radius 1 is 1.17 bits per heavy atom. The molecule has 1 unspecified atom stereocenters. The van der Waals surface area contributed by atoms with Crippen LogP contribution in [0.2, 0.25) is 0 Å². The Kier molecular flexibility index (Phi) is 5.03. The molecule has 1 aromatic carbocycles. The van der Waals surface area contributed by atoms with Crippen LogP contribution in [-0.4, -0.2) is 35.1 Å². The molecule has 1 aliphatic rings. The highest BCUT2D eigenvalue weighted by molar-refractivity contribution is 5.25. The molecule has 122 valence electrons. The Morgan fingerprint density at radius 3 is 2.61 bits per heavy atom. The summed E-state index contributed by atoms with van der Waals surface area (Å²) in [6.07, 6.45) is 6.33. The quantitative estimate of drug-likeness (QED) is 0.850. The van der Waals surface area contributed by atoms with E-state index in [0.29, 0.717) is 6.61 Å². The Hall–Kier alpha value is -1.78. The van der Waals surface area contributed by atoms with Crippen molar-refractivity contribution < 1.29 is 4.74 Å². The molecule has 1 fully saturated rings. The molecule has 0 radical (unpaired) electrons. The molecule has 4 heteroatoms. The highest BCUT2D eigenvalue weighted by atomic mass is 16.5. The minimum absolute atomic E-state index is 0.232. The standard InChI is InChI=1S/C19H25N3O/c1-19(17-7-4-3-5-8-17)9-6-10-22(15-19)13-16-11-20-18(14-23-2)21-12-16/h3-5,7-8,11-12H,6,9-10,13-15H2,1-2H3. The van der Waals surface area contributed by atoms with Crippen molar-refractivity contribution in [2.75, 3.05) is 20.2 Å². The highest BCUT2D eigenvalue weighted by Crippen LogP contribution is 2.33. The predicted octanol–water partition coefficient (Wildman–Crippen LogP) is 3.18. The summed E-state index contributed by atoms with van der Waals surface area (Å²) in [6.45, 7) is 5.98. The number of aromatic nitrogens is 2. The van der Waals surface area contributed by atoms with Gasteiger partial charge in [-0.3, -0.25) is 4.90 Å². The number of nitrogens with zero attached hydrogens (tertiary/aromatic N) is 3. The van der Waals surface area contributed by atoms with Crippen LogP contribution in [0.5, 0.6) is 0 Å². The van der Waals surface area contributed by atoms with Crippen molar-refractivity contribution in [1.29, 1.82) is 0 Å². The molecule has 0 aliphatic carbocycles. The van der Waals surface area contributed by atoms with Gasteiger partial charge in [0, 0.05) is 43.6 Å². The molecule has 23 heavy (non-hydrogen) atoms. The summed E-state index contributed by atoms with van der Waals surface area (Å²) in [4.78, 5) is 11.3. The average Bonchev–Trinajstić information content (AvgIpc) is 2.58. The van der Waals surface area contributed by atoms with Crippen LogP contribution in [0.4, 0.5) is 0 Å². The first kappa shape index (κ1) is 16.1. The van der Waals surface area contributed by atoms with Crippen LogP contribution in [-0.2, 0) is 23.3 Å². The third kappa shape index (κ3) is 3.95. The first-order chi connectivity index (χ1) is 11.2. The second-order valence-corrected chi connectivity index (χ2v) is 6.68. The summed E-state index contributed by atoms with van der Waals surface area (Å²) in [5, 5.41) is 0. The second-order valence-electron chi connectivity index (χ2n) is 6.68. The van der Waals surface area contributed by atoms with Gasteiger partial charge in [-0.2, -0.15) is 0 Å². The van der Waals surface area contributed by atoms with Gasteiger partial charge in [0.25, 0.3) is 0 Å². The summed E-state index contributed by atoms with van der Waals surface area (Å²) in [7, 11) is 1.66. The van der Waals surface area contributed by atoms with Gasteiger partial charge >= 0.3 is 0 Å². The van der Waals surface area contributed by atoms with Crippen molar-refractivity contribution in [2.45, 2.75) is 38.3 Å². The fraction of sp³-hybridized carbons (Fsp3) is 0.474. The maximum atomic E-state index is 5.06. The molecule has 0 saturated carbocycles. The zero-order valence-electron chi connectivity index (χ0n) is 14.0. The first-order valence-electron chi connectivity index (χ1n) is 8.26. The smallest absolute Gasteiger partial charge is 0.153 e. The van der Waals surface area contributed by atoms with Crippen LogP contribution >= 0.6 is 0 Å².